The molecule has 2 N–H and O–H groups in total. The van der Waals surface area contributed by atoms with Crippen molar-refractivity contribution in [1.29, 1.82) is 0 Å². The second-order valence-corrected chi connectivity index (χ2v) is 6.98. The lowest BCUT2D eigenvalue weighted by Crippen LogP contribution is -2.22. The Bertz CT molecular complexity index is 387. The lowest BCUT2D eigenvalue weighted by Gasteiger charge is -2.15. The van der Waals surface area contributed by atoms with Crippen LogP contribution in [-0.4, -0.2) is 21.3 Å². The monoisotopic (exact) mass is 269 g/mol. The van der Waals surface area contributed by atoms with Crippen LogP contribution in [0.4, 0.5) is 0 Å². The second kappa shape index (κ2) is 6.90. The Hall–Kier alpha value is -0.870. The maximum Gasteiger partial charge on any atom is 0.119 e. The summed E-state index contributed by atoms with van der Waals surface area (Å²) in [6, 6.07) is 7.53. The Morgan fingerprint density at radius 3 is 2.17 bits per heavy atom. The van der Waals surface area contributed by atoms with Crippen molar-refractivity contribution in [2.45, 2.75) is 45.1 Å². The van der Waals surface area contributed by atoms with Crippen molar-refractivity contribution in [2.24, 2.45) is 5.73 Å². The highest BCUT2D eigenvalue weighted by Gasteiger charge is 2.13. The summed E-state index contributed by atoms with van der Waals surface area (Å²) in [6.07, 6.45) is 0.165. The summed E-state index contributed by atoms with van der Waals surface area (Å²) in [4.78, 5) is 0. The van der Waals surface area contributed by atoms with Gasteiger partial charge in [-0.15, -0.1) is 0 Å². The largest absolute Gasteiger partial charge is 0.491 e. The van der Waals surface area contributed by atoms with Crippen molar-refractivity contribution >= 4 is 10.8 Å². The first-order valence-corrected chi connectivity index (χ1v) is 7.67. The van der Waals surface area contributed by atoms with Crippen molar-refractivity contribution in [2.75, 3.05) is 5.75 Å². The molecule has 0 aliphatic carbocycles. The van der Waals surface area contributed by atoms with Crippen LogP contribution < -0.4 is 10.5 Å². The molecule has 3 nitrogen and oxygen atoms in total. The van der Waals surface area contributed by atoms with E-state index in [0.29, 0.717) is 5.75 Å². The molecule has 0 fully saturated rings. The molecule has 0 radical (unpaired) electrons. The van der Waals surface area contributed by atoms with Crippen LogP contribution in [0, 0.1) is 0 Å². The van der Waals surface area contributed by atoms with Crippen LogP contribution in [0.5, 0.6) is 5.75 Å². The van der Waals surface area contributed by atoms with Crippen LogP contribution in [0.1, 0.15) is 39.3 Å². The maximum absolute atomic E-state index is 11.7. The number of ether oxygens (including phenoxy) is 1. The summed E-state index contributed by atoms with van der Waals surface area (Å²) < 4.78 is 17.3. The quantitative estimate of drug-likeness (QED) is 0.863. The van der Waals surface area contributed by atoms with Gasteiger partial charge in [0.15, 0.2) is 0 Å². The second-order valence-electron chi connectivity index (χ2n) is 4.94. The Balaban J connectivity index is 2.64. The lowest BCUT2D eigenvalue weighted by atomic mass is 10.1. The molecule has 0 bridgehead atoms. The number of rotatable bonds is 6. The SMILES string of the molecule is CC(C)Oc1ccc(C(N)CS(=O)C(C)C)cc1. The first kappa shape index (κ1) is 15.2. The van der Waals surface area contributed by atoms with Crippen LogP contribution in [-0.2, 0) is 10.8 Å². The Labute approximate surface area is 112 Å². The summed E-state index contributed by atoms with van der Waals surface area (Å²) >= 11 is 0. The van der Waals surface area contributed by atoms with Gasteiger partial charge in [0.25, 0.3) is 0 Å². The van der Waals surface area contributed by atoms with E-state index in [9.17, 15) is 4.21 Å². The van der Waals surface area contributed by atoms with E-state index >= 15 is 0 Å². The minimum absolute atomic E-state index is 0.152. The molecule has 1 aromatic carbocycles. The van der Waals surface area contributed by atoms with Gasteiger partial charge in [0, 0.05) is 27.8 Å². The molecule has 1 rings (SSSR count). The average molecular weight is 269 g/mol. The van der Waals surface area contributed by atoms with Crippen LogP contribution >= 0.6 is 0 Å². The maximum atomic E-state index is 11.7. The van der Waals surface area contributed by atoms with E-state index in [1.807, 2.05) is 52.0 Å². The zero-order chi connectivity index (χ0) is 13.7. The van der Waals surface area contributed by atoms with E-state index in [-0.39, 0.29) is 17.4 Å². The van der Waals surface area contributed by atoms with Gasteiger partial charge in [0.05, 0.1) is 6.10 Å². The Kier molecular flexibility index (Phi) is 5.82. The molecule has 4 heteroatoms. The summed E-state index contributed by atoms with van der Waals surface area (Å²) in [6.45, 7) is 7.88. The van der Waals surface area contributed by atoms with Crippen LogP contribution in [0.25, 0.3) is 0 Å². The van der Waals surface area contributed by atoms with E-state index in [2.05, 4.69) is 0 Å². The molecule has 0 aromatic heterocycles. The zero-order valence-corrected chi connectivity index (χ0v) is 12.4. The molecule has 102 valence electrons. The van der Waals surface area contributed by atoms with Crippen molar-refractivity contribution in [3.8, 4) is 5.75 Å². The molecule has 18 heavy (non-hydrogen) atoms. The fourth-order valence-electron chi connectivity index (χ4n) is 1.53. The smallest absolute Gasteiger partial charge is 0.119 e. The zero-order valence-electron chi connectivity index (χ0n) is 11.6. The first-order valence-electron chi connectivity index (χ1n) is 6.29. The van der Waals surface area contributed by atoms with Gasteiger partial charge in [-0.05, 0) is 31.5 Å². The average Bonchev–Trinajstić information content (AvgIpc) is 2.28. The van der Waals surface area contributed by atoms with E-state index in [0.717, 1.165) is 11.3 Å². The third-order valence-electron chi connectivity index (χ3n) is 2.55. The summed E-state index contributed by atoms with van der Waals surface area (Å²) in [7, 11) is -0.873. The normalized spacial score (nSPS) is 14.8. The van der Waals surface area contributed by atoms with Gasteiger partial charge in [0.2, 0.25) is 0 Å². The molecule has 0 amide bonds. The highest BCUT2D eigenvalue weighted by Crippen LogP contribution is 2.18. The van der Waals surface area contributed by atoms with Crippen molar-refractivity contribution in [3.63, 3.8) is 0 Å². The van der Waals surface area contributed by atoms with Gasteiger partial charge in [-0.25, -0.2) is 0 Å². The van der Waals surface area contributed by atoms with Crippen molar-refractivity contribution in [1.82, 2.24) is 0 Å². The highest BCUT2D eigenvalue weighted by molar-refractivity contribution is 7.85. The molecule has 0 spiro atoms. The lowest BCUT2D eigenvalue weighted by molar-refractivity contribution is 0.242. The van der Waals surface area contributed by atoms with Crippen LogP contribution in [0.2, 0.25) is 0 Å². The van der Waals surface area contributed by atoms with E-state index in [4.69, 9.17) is 10.5 Å². The van der Waals surface area contributed by atoms with Gasteiger partial charge in [-0.1, -0.05) is 26.0 Å². The first-order chi connectivity index (χ1) is 8.40. The van der Waals surface area contributed by atoms with E-state index in [1.165, 1.54) is 0 Å². The molecule has 1 aromatic rings. The van der Waals surface area contributed by atoms with Gasteiger partial charge in [0.1, 0.15) is 5.75 Å². The number of nitrogens with two attached hydrogens (primary N) is 1. The molecular formula is C14H23NO2S. The molecule has 0 saturated carbocycles. The van der Waals surface area contributed by atoms with Crippen LogP contribution in [0.3, 0.4) is 0 Å². The van der Waals surface area contributed by atoms with Gasteiger partial charge >= 0.3 is 0 Å². The summed E-state index contributed by atoms with van der Waals surface area (Å²) in [5, 5.41) is 0.152. The van der Waals surface area contributed by atoms with Crippen molar-refractivity contribution < 1.29 is 8.95 Å². The predicted molar refractivity (Wildman–Crippen MR) is 77.3 cm³/mol. The molecule has 2 unspecified atom stereocenters. The molecule has 0 saturated heterocycles. The topological polar surface area (TPSA) is 52.3 Å². The third-order valence-corrected chi connectivity index (χ3v) is 4.29. The number of benzene rings is 1. The highest BCUT2D eigenvalue weighted by atomic mass is 32.2. The molecular weight excluding hydrogens is 246 g/mol. The number of hydrogen-bond acceptors (Lipinski definition) is 3. The fraction of sp³-hybridized carbons (Fsp3) is 0.571. The molecule has 0 heterocycles. The molecule has 0 aliphatic heterocycles. The van der Waals surface area contributed by atoms with E-state index < -0.39 is 10.8 Å². The minimum atomic E-state index is -0.873. The summed E-state index contributed by atoms with van der Waals surface area (Å²) in [5.41, 5.74) is 7.05. The Morgan fingerprint density at radius 2 is 1.72 bits per heavy atom. The molecule has 2 atom stereocenters. The molecule has 0 aliphatic rings. The van der Waals surface area contributed by atoms with Crippen LogP contribution in [0.15, 0.2) is 24.3 Å². The standard InChI is InChI=1S/C14H23NO2S/c1-10(2)17-13-7-5-12(6-8-13)14(15)9-18(16)11(3)4/h5-8,10-11,14H,9,15H2,1-4H3. The van der Waals surface area contributed by atoms with Gasteiger partial charge in [-0.3, -0.25) is 4.21 Å². The third kappa shape index (κ3) is 4.78. The minimum Gasteiger partial charge on any atom is -0.491 e. The predicted octanol–water partition coefficient (Wildman–Crippen LogP) is 2.63. The van der Waals surface area contributed by atoms with E-state index in [1.54, 1.807) is 0 Å². The summed E-state index contributed by atoms with van der Waals surface area (Å²) in [5.74, 6) is 1.34. The van der Waals surface area contributed by atoms with Gasteiger partial charge in [-0.2, -0.15) is 0 Å². The van der Waals surface area contributed by atoms with Crippen molar-refractivity contribution in [3.05, 3.63) is 29.8 Å². The number of hydrogen-bond donors (Lipinski definition) is 1. The fourth-order valence-corrected chi connectivity index (χ4v) is 2.46. The van der Waals surface area contributed by atoms with Gasteiger partial charge < -0.3 is 10.5 Å². The Morgan fingerprint density at radius 1 is 1.17 bits per heavy atom.